The summed E-state index contributed by atoms with van der Waals surface area (Å²) in [6, 6.07) is 22.2. The summed E-state index contributed by atoms with van der Waals surface area (Å²) in [6.45, 7) is 14.7. The Morgan fingerprint density at radius 3 is 1.45 bits per heavy atom. The van der Waals surface area contributed by atoms with Crippen molar-refractivity contribution in [3.05, 3.63) is 71.8 Å². The van der Waals surface area contributed by atoms with Crippen molar-refractivity contribution < 1.29 is 14.3 Å². The van der Waals surface area contributed by atoms with E-state index in [0.29, 0.717) is 19.3 Å². The minimum atomic E-state index is 0.554. The van der Waals surface area contributed by atoms with E-state index < -0.39 is 0 Å². The predicted octanol–water partition coefficient (Wildman–Crippen LogP) is 4.70. The third-order valence-electron chi connectivity index (χ3n) is 5.39. The Labute approximate surface area is 201 Å². The fourth-order valence-electron chi connectivity index (χ4n) is 3.73. The van der Waals surface area contributed by atoms with Crippen LogP contribution in [0.4, 0.5) is 0 Å². The number of hydrogen-bond acceptors (Lipinski definition) is 4. The van der Waals surface area contributed by atoms with Gasteiger partial charge < -0.3 is 14.4 Å². The van der Waals surface area contributed by atoms with Crippen molar-refractivity contribution in [2.45, 2.75) is 46.6 Å². The van der Waals surface area contributed by atoms with Crippen LogP contribution in [-0.4, -0.2) is 74.9 Å². The van der Waals surface area contributed by atoms with E-state index in [2.05, 4.69) is 65.6 Å². The molecule has 2 aromatic rings. The summed E-state index contributed by atoms with van der Waals surface area (Å²) in [7, 11) is 0. The summed E-state index contributed by atoms with van der Waals surface area (Å²) < 4.78 is 10.5. The van der Waals surface area contributed by atoms with Crippen LogP contribution in [0.1, 0.15) is 38.8 Å². The molecular formula is C28H44N2O3. The molecule has 2 aliphatic heterocycles. The number of hydrogen-bond donors (Lipinski definition) is 0. The van der Waals surface area contributed by atoms with Gasteiger partial charge in [-0.15, -0.1) is 0 Å². The Bertz CT molecular complexity index is 643. The molecule has 2 aliphatic rings. The Balaban J connectivity index is 0.000000380. The number of ether oxygens (including phenoxy) is 2. The highest BCUT2D eigenvalue weighted by molar-refractivity contribution is 5.46. The van der Waals surface area contributed by atoms with Gasteiger partial charge in [0.2, 0.25) is 6.41 Å². The Kier molecular flexibility index (Phi) is 16.8. The summed E-state index contributed by atoms with van der Waals surface area (Å²) in [6.07, 6.45) is 3.08. The van der Waals surface area contributed by atoms with Crippen molar-refractivity contribution in [3.8, 4) is 0 Å². The average molecular weight is 457 g/mol. The van der Waals surface area contributed by atoms with Gasteiger partial charge in [-0.25, -0.2) is 0 Å². The van der Waals surface area contributed by atoms with E-state index in [9.17, 15) is 4.79 Å². The van der Waals surface area contributed by atoms with Gasteiger partial charge in [0, 0.05) is 32.2 Å². The summed E-state index contributed by atoms with van der Waals surface area (Å²) in [5.41, 5.74) is 2.84. The van der Waals surface area contributed by atoms with E-state index in [1.54, 1.807) is 4.90 Å². The smallest absolute Gasteiger partial charge is 0.209 e. The highest BCUT2D eigenvalue weighted by Gasteiger charge is 2.21. The molecule has 0 saturated carbocycles. The summed E-state index contributed by atoms with van der Waals surface area (Å²) in [5, 5.41) is 0. The molecule has 0 radical (unpaired) electrons. The van der Waals surface area contributed by atoms with Crippen molar-refractivity contribution in [3.63, 3.8) is 0 Å². The van der Waals surface area contributed by atoms with Crippen LogP contribution in [0.25, 0.3) is 0 Å². The maximum absolute atomic E-state index is 10.0. The molecule has 2 aromatic carbocycles. The van der Waals surface area contributed by atoms with E-state index in [4.69, 9.17) is 9.47 Å². The number of benzene rings is 2. The molecule has 2 saturated heterocycles. The van der Waals surface area contributed by atoms with Gasteiger partial charge >= 0.3 is 0 Å². The Hall–Kier alpha value is -2.21. The van der Waals surface area contributed by atoms with Gasteiger partial charge in [-0.1, -0.05) is 88.4 Å². The fraction of sp³-hybridized carbons (Fsp3) is 0.536. The third kappa shape index (κ3) is 12.0. The molecule has 0 aromatic heterocycles. The van der Waals surface area contributed by atoms with Crippen molar-refractivity contribution in [1.82, 2.24) is 9.80 Å². The summed E-state index contributed by atoms with van der Waals surface area (Å²) in [4.78, 5) is 14.3. The van der Waals surface area contributed by atoms with Crippen LogP contribution < -0.4 is 0 Å². The molecule has 1 amide bonds. The Morgan fingerprint density at radius 1 is 0.697 bits per heavy atom. The van der Waals surface area contributed by atoms with Gasteiger partial charge in [-0.2, -0.15) is 0 Å². The second-order valence-electron chi connectivity index (χ2n) is 7.44. The van der Waals surface area contributed by atoms with Crippen LogP contribution in [0.5, 0.6) is 0 Å². The Morgan fingerprint density at radius 2 is 1.09 bits per heavy atom. The lowest BCUT2D eigenvalue weighted by Gasteiger charge is -2.35. The molecule has 0 bridgehead atoms. The standard InChI is InChI=1S/C19H23NO.C5H9NO2.2C2H6/c1-3-7-17(8-4-1)15-19(20-11-13-21-14-12-20)16-18-9-5-2-6-10-18;7-5-6-1-3-8-4-2-6;2*1-2/h1-10,19H,11-16H2;5H,1-4H2;2*1-2H3. The van der Waals surface area contributed by atoms with Crippen LogP contribution in [0.3, 0.4) is 0 Å². The zero-order valence-electron chi connectivity index (χ0n) is 21.1. The second kappa shape index (κ2) is 19.3. The van der Waals surface area contributed by atoms with Crippen LogP contribution in [0.2, 0.25) is 0 Å². The lowest BCUT2D eigenvalue weighted by molar-refractivity contribution is -0.121. The first kappa shape index (κ1) is 28.8. The largest absolute Gasteiger partial charge is 0.379 e. The van der Waals surface area contributed by atoms with E-state index in [-0.39, 0.29) is 0 Å². The first-order chi connectivity index (χ1) is 16.3. The number of morpholine rings is 2. The zero-order chi connectivity index (χ0) is 24.2. The van der Waals surface area contributed by atoms with Gasteiger partial charge in [-0.05, 0) is 24.0 Å². The van der Waals surface area contributed by atoms with Crippen LogP contribution in [-0.2, 0) is 27.1 Å². The maximum Gasteiger partial charge on any atom is 0.209 e. The molecular weight excluding hydrogens is 412 g/mol. The first-order valence-corrected chi connectivity index (χ1v) is 12.5. The van der Waals surface area contributed by atoms with Gasteiger partial charge in [0.05, 0.1) is 26.4 Å². The van der Waals surface area contributed by atoms with Gasteiger partial charge in [-0.3, -0.25) is 9.69 Å². The first-order valence-electron chi connectivity index (χ1n) is 12.5. The lowest BCUT2D eigenvalue weighted by atomic mass is 9.97. The number of carbonyl (C=O) groups excluding carboxylic acids is 1. The van der Waals surface area contributed by atoms with Crippen LogP contribution in [0, 0.1) is 0 Å². The maximum atomic E-state index is 10.0. The molecule has 5 nitrogen and oxygen atoms in total. The number of nitrogens with zero attached hydrogens (tertiary/aromatic N) is 2. The summed E-state index contributed by atoms with van der Waals surface area (Å²) >= 11 is 0. The predicted molar refractivity (Wildman–Crippen MR) is 138 cm³/mol. The molecule has 2 heterocycles. The van der Waals surface area contributed by atoms with E-state index in [0.717, 1.165) is 58.6 Å². The van der Waals surface area contributed by atoms with Crippen LogP contribution >= 0.6 is 0 Å². The SMILES string of the molecule is CC.CC.O=CN1CCOCC1.c1ccc(CC(Cc2ccccc2)N2CCOCC2)cc1. The zero-order valence-corrected chi connectivity index (χ0v) is 21.1. The van der Waals surface area contributed by atoms with Crippen molar-refractivity contribution >= 4 is 6.41 Å². The van der Waals surface area contributed by atoms with Crippen LogP contribution in [0.15, 0.2) is 60.7 Å². The van der Waals surface area contributed by atoms with Crippen molar-refractivity contribution in [2.24, 2.45) is 0 Å². The lowest BCUT2D eigenvalue weighted by Crippen LogP contribution is -2.45. The minimum Gasteiger partial charge on any atom is -0.379 e. The second-order valence-corrected chi connectivity index (χ2v) is 7.44. The van der Waals surface area contributed by atoms with E-state index in [1.807, 2.05) is 27.7 Å². The molecule has 0 aliphatic carbocycles. The molecule has 33 heavy (non-hydrogen) atoms. The monoisotopic (exact) mass is 456 g/mol. The number of carbonyl (C=O) groups is 1. The van der Waals surface area contributed by atoms with Gasteiger partial charge in [0.1, 0.15) is 0 Å². The molecule has 5 heteroatoms. The molecule has 0 atom stereocenters. The van der Waals surface area contributed by atoms with E-state index in [1.165, 1.54) is 11.1 Å². The molecule has 0 N–H and O–H groups in total. The molecule has 2 fully saturated rings. The fourth-order valence-corrected chi connectivity index (χ4v) is 3.73. The highest BCUT2D eigenvalue weighted by atomic mass is 16.5. The van der Waals surface area contributed by atoms with Gasteiger partial charge in [0.15, 0.2) is 0 Å². The third-order valence-corrected chi connectivity index (χ3v) is 5.39. The highest BCUT2D eigenvalue weighted by Crippen LogP contribution is 2.16. The van der Waals surface area contributed by atoms with Gasteiger partial charge in [0.25, 0.3) is 0 Å². The molecule has 0 spiro atoms. The minimum absolute atomic E-state index is 0.554. The topological polar surface area (TPSA) is 42.0 Å². The van der Waals surface area contributed by atoms with Crippen molar-refractivity contribution in [1.29, 1.82) is 0 Å². The number of rotatable bonds is 6. The quantitative estimate of drug-likeness (QED) is 0.591. The summed E-state index contributed by atoms with van der Waals surface area (Å²) in [5.74, 6) is 0. The van der Waals surface area contributed by atoms with Crippen molar-refractivity contribution in [2.75, 3.05) is 52.6 Å². The average Bonchev–Trinajstić information content (AvgIpc) is 2.93. The van der Waals surface area contributed by atoms with E-state index >= 15 is 0 Å². The normalized spacial score (nSPS) is 15.7. The molecule has 0 unspecified atom stereocenters. The number of amides is 1. The molecule has 4 rings (SSSR count). The molecule has 184 valence electrons.